The summed E-state index contributed by atoms with van der Waals surface area (Å²) in [5.74, 6) is -1.18. The molecular weight excluding hydrogens is 271 g/mol. The molecule has 0 aliphatic heterocycles. The summed E-state index contributed by atoms with van der Waals surface area (Å²) in [6, 6.07) is 1.58. The van der Waals surface area contributed by atoms with Crippen LogP contribution in [0, 0.1) is 0 Å². The fourth-order valence-corrected chi connectivity index (χ4v) is 1.27. The van der Waals surface area contributed by atoms with Gasteiger partial charge in [0.25, 0.3) is 0 Å². The number of aromatic nitrogens is 4. The minimum Gasteiger partial charge on any atom is -0.325 e. The molecule has 0 bridgehead atoms. The van der Waals surface area contributed by atoms with E-state index >= 15 is 0 Å². The highest BCUT2D eigenvalue weighted by Gasteiger charge is 2.34. The van der Waals surface area contributed by atoms with Crippen LogP contribution in [-0.4, -0.2) is 19.9 Å². The minimum absolute atomic E-state index is 0.219. The van der Waals surface area contributed by atoms with Crippen LogP contribution in [0.15, 0.2) is 24.8 Å². The van der Waals surface area contributed by atoms with Crippen molar-refractivity contribution in [1.29, 1.82) is 0 Å². The van der Waals surface area contributed by atoms with Gasteiger partial charge >= 0.3 is 6.18 Å². The largest absolute Gasteiger partial charge is 0.451 e. The Morgan fingerprint density at radius 2 is 1.65 bits per heavy atom. The number of nitrogens with two attached hydrogens (primary N) is 1. The SMILES string of the molecule is CC.NCc1cc(-c2cnc(C(F)(F)F)nc2)ncn1. The zero-order valence-corrected chi connectivity index (χ0v) is 11.0. The van der Waals surface area contributed by atoms with Gasteiger partial charge in [0.15, 0.2) is 0 Å². The van der Waals surface area contributed by atoms with Crippen molar-refractivity contribution in [2.75, 3.05) is 0 Å². The first-order valence-electron chi connectivity index (χ1n) is 5.91. The number of halogens is 3. The van der Waals surface area contributed by atoms with E-state index in [4.69, 9.17) is 5.73 Å². The summed E-state index contributed by atoms with van der Waals surface area (Å²) in [7, 11) is 0. The summed E-state index contributed by atoms with van der Waals surface area (Å²) in [6.07, 6.45) is -1.13. The van der Waals surface area contributed by atoms with E-state index in [0.29, 0.717) is 17.0 Å². The van der Waals surface area contributed by atoms with Crippen molar-refractivity contribution >= 4 is 0 Å². The summed E-state index contributed by atoms with van der Waals surface area (Å²) in [5, 5.41) is 0. The first kappa shape index (κ1) is 16.0. The third-order valence-corrected chi connectivity index (χ3v) is 2.13. The van der Waals surface area contributed by atoms with Crippen LogP contribution in [-0.2, 0) is 12.7 Å². The van der Waals surface area contributed by atoms with Crippen LogP contribution >= 0.6 is 0 Å². The first-order valence-corrected chi connectivity index (χ1v) is 5.91. The Bertz CT molecular complexity index is 540. The van der Waals surface area contributed by atoms with Crippen molar-refractivity contribution in [3.63, 3.8) is 0 Å². The van der Waals surface area contributed by atoms with Gasteiger partial charge in [-0.3, -0.25) is 0 Å². The third kappa shape index (κ3) is 3.95. The summed E-state index contributed by atoms with van der Waals surface area (Å²) < 4.78 is 36.8. The number of rotatable bonds is 2. The van der Waals surface area contributed by atoms with Crippen LogP contribution in [0.25, 0.3) is 11.3 Å². The van der Waals surface area contributed by atoms with Crippen LogP contribution in [0.4, 0.5) is 13.2 Å². The minimum atomic E-state index is -4.55. The molecule has 0 unspecified atom stereocenters. The number of nitrogens with zero attached hydrogens (tertiary/aromatic N) is 4. The molecule has 108 valence electrons. The molecule has 0 radical (unpaired) electrons. The first-order chi connectivity index (χ1) is 9.50. The van der Waals surface area contributed by atoms with Crippen LogP contribution in [0.3, 0.4) is 0 Å². The smallest absolute Gasteiger partial charge is 0.325 e. The molecule has 0 saturated carbocycles. The molecule has 0 aliphatic carbocycles. The molecule has 0 amide bonds. The number of hydrogen-bond acceptors (Lipinski definition) is 5. The van der Waals surface area contributed by atoms with Crippen molar-refractivity contribution in [3.05, 3.63) is 36.3 Å². The average Bonchev–Trinajstić information content (AvgIpc) is 2.48. The number of alkyl halides is 3. The molecule has 5 nitrogen and oxygen atoms in total. The van der Waals surface area contributed by atoms with Gasteiger partial charge in [-0.05, 0) is 6.07 Å². The van der Waals surface area contributed by atoms with E-state index in [9.17, 15) is 13.2 Å². The Morgan fingerprint density at radius 3 is 2.15 bits per heavy atom. The van der Waals surface area contributed by atoms with E-state index in [0.717, 1.165) is 12.4 Å². The molecule has 0 aliphatic rings. The second-order valence-electron chi connectivity index (χ2n) is 3.39. The topological polar surface area (TPSA) is 77.6 Å². The predicted molar refractivity (Wildman–Crippen MR) is 67.3 cm³/mol. The van der Waals surface area contributed by atoms with Crippen LogP contribution in [0.5, 0.6) is 0 Å². The molecule has 2 aromatic rings. The molecule has 2 aromatic heterocycles. The Labute approximate surface area is 114 Å². The standard InChI is InChI=1S/C10H8F3N5.C2H6/c11-10(12,13)9-15-3-6(4-16-9)8-1-7(2-14)17-5-18-8;1-2/h1,3-5H,2,14H2;1-2H3. The average molecular weight is 285 g/mol. The summed E-state index contributed by atoms with van der Waals surface area (Å²) in [6.45, 7) is 4.22. The van der Waals surface area contributed by atoms with E-state index in [-0.39, 0.29) is 6.54 Å². The van der Waals surface area contributed by atoms with Crippen LogP contribution in [0.1, 0.15) is 25.4 Å². The summed E-state index contributed by atoms with van der Waals surface area (Å²) >= 11 is 0. The van der Waals surface area contributed by atoms with Gasteiger partial charge in [0.05, 0.1) is 11.4 Å². The molecule has 0 fully saturated rings. The summed E-state index contributed by atoms with van der Waals surface area (Å²) in [5.41, 5.74) is 6.80. The monoisotopic (exact) mass is 285 g/mol. The Balaban J connectivity index is 0.000000956. The fraction of sp³-hybridized carbons (Fsp3) is 0.333. The maximum absolute atomic E-state index is 12.3. The molecule has 20 heavy (non-hydrogen) atoms. The van der Waals surface area contributed by atoms with Crippen molar-refractivity contribution in [2.24, 2.45) is 5.73 Å². The Hall–Kier alpha value is -2.09. The highest BCUT2D eigenvalue weighted by atomic mass is 19.4. The zero-order chi connectivity index (χ0) is 15.2. The Morgan fingerprint density at radius 1 is 1.05 bits per heavy atom. The molecule has 0 spiro atoms. The fourth-order valence-electron chi connectivity index (χ4n) is 1.27. The second-order valence-corrected chi connectivity index (χ2v) is 3.39. The lowest BCUT2D eigenvalue weighted by atomic mass is 10.2. The Kier molecular flexibility index (Phi) is 5.51. The quantitative estimate of drug-likeness (QED) is 0.917. The lowest BCUT2D eigenvalue weighted by Crippen LogP contribution is -2.10. The van der Waals surface area contributed by atoms with Crippen molar-refractivity contribution in [3.8, 4) is 11.3 Å². The van der Waals surface area contributed by atoms with Gasteiger partial charge in [0.1, 0.15) is 6.33 Å². The van der Waals surface area contributed by atoms with E-state index in [1.807, 2.05) is 13.8 Å². The molecule has 2 heterocycles. The number of hydrogen-bond donors (Lipinski definition) is 1. The van der Waals surface area contributed by atoms with Crippen molar-refractivity contribution in [2.45, 2.75) is 26.6 Å². The molecule has 2 rings (SSSR count). The van der Waals surface area contributed by atoms with Crippen molar-refractivity contribution < 1.29 is 13.2 Å². The van der Waals surface area contributed by atoms with Gasteiger partial charge in [0, 0.05) is 24.5 Å². The molecule has 0 saturated heterocycles. The third-order valence-electron chi connectivity index (χ3n) is 2.13. The molecule has 0 atom stereocenters. The highest BCUT2D eigenvalue weighted by Crippen LogP contribution is 2.26. The van der Waals surface area contributed by atoms with Crippen LogP contribution in [0.2, 0.25) is 0 Å². The van der Waals surface area contributed by atoms with E-state index in [2.05, 4.69) is 19.9 Å². The molecule has 2 N–H and O–H groups in total. The molecule has 8 heteroatoms. The van der Waals surface area contributed by atoms with E-state index < -0.39 is 12.0 Å². The summed E-state index contributed by atoms with van der Waals surface area (Å²) in [4.78, 5) is 14.3. The maximum atomic E-state index is 12.3. The normalized spacial score (nSPS) is 10.7. The second kappa shape index (κ2) is 6.90. The maximum Gasteiger partial charge on any atom is 0.451 e. The zero-order valence-electron chi connectivity index (χ0n) is 11.0. The van der Waals surface area contributed by atoms with Gasteiger partial charge < -0.3 is 5.73 Å². The van der Waals surface area contributed by atoms with Gasteiger partial charge in [0.2, 0.25) is 5.82 Å². The highest BCUT2D eigenvalue weighted by molar-refractivity contribution is 5.56. The predicted octanol–water partition coefficient (Wildman–Crippen LogP) is 2.44. The molecular formula is C12H14F3N5. The van der Waals surface area contributed by atoms with Gasteiger partial charge in [-0.25, -0.2) is 19.9 Å². The molecule has 0 aromatic carbocycles. The van der Waals surface area contributed by atoms with Crippen LogP contribution < -0.4 is 5.73 Å². The van der Waals surface area contributed by atoms with E-state index in [1.165, 1.54) is 6.33 Å². The van der Waals surface area contributed by atoms with Gasteiger partial charge in [-0.15, -0.1) is 0 Å². The van der Waals surface area contributed by atoms with Gasteiger partial charge in [-0.1, -0.05) is 13.8 Å². The lowest BCUT2D eigenvalue weighted by Gasteiger charge is -2.05. The lowest BCUT2D eigenvalue weighted by molar-refractivity contribution is -0.144. The van der Waals surface area contributed by atoms with E-state index in [1.54, 1.807) is 6.07 Å². The van der Waals surface area contributed by atoms with Gasteiger partial charge in [-0.2, -0.15) is 13.2 Å². The van der Waals surface area contributed by atoms with Crippen molar-refractivity contribution in [1.82, 2.24) is 19.9 Å².